The summed E-state index contributed by atoms with van der Waals surface area (Å²) in [6, 6.07) is 10.2. The summed E-state index contributed by atoms with van der Waals surface area (Å²) in [5, 5.41) is 19.6. The maximum absolute atomic E-state index is 14.9. The molecule has 254 valence electrons. The number of carbonyl (C=O) groups is 3. The van der Waals surface area contributed by atoms with Crippen LogP contribution in [-0.2, 0) is 15.1 Å². The number of alkyl halides is 2. The van der Waals surface area contributed by atoms with E-state index in [2.05, 4.69) is 20.7 Å². The van der Waals surface area contributed by atoms with E-state index in [-0.39, 0.29) is 35.0 Å². The van der Waals surface area contributed by atoms with E-state index in [4.69, 9.17) is 34.3 Å². The molecule has 1 aliphatic carbocycles. The number of hydrogen-bond donors (Lipinski definition) is 4. The second kappa shape index (κ2) is 13.5. The number of hydrogen-bond acceptors (Lipinski definition) is 6. The van der Waals surface area contributed by atoms with Gasteiger partial charge in [0, 0.05) is 23.4 Å². The van der Waals surface area contributed by atoms with Crippen molar-refractivity contribution in [2.24, 2.45) is 16.1 Å². The lowest BCUT2D eigenvalue weighted by atomic mass is 9.75. The first-order valence-electron chi connectivity index (χ1n) is 15.0. The van der Waals surface area contributed by atoms with E-state index >= 15 is 0 Å². The van der Waals surface area contributed by atoms with Crippen LogP contribution in [0.1, 0.15) is 69.3 Å². The first kappa shape index (κ1) is 34.7. The number of ether oxygens (including phenoxy) is 1. The predicted octanol–water partition coefficient (Wildman–Crippen LogP) is 5.96. The van der Waals surface area contributed by atoms with Crippen molar-refractivity contribution < 1.29 is 33.0 Å². The van der Waals surface area contributed by atoms with Gasteiger partial charge in [-0.2, -0.15) is 13.9 Å². The van der Waals surface area contributed by atoms with Gasteiger partial charge in [-0.1, -0.05) is 74.9 Å². The molecule has 12 nitrogen and oxygen atoms in total. The summed E-state index contributed by atoms with van der Waals surface area (Å²) in [7, 11) is 0. The number of nitrogens with one attached hydrogen (secondary N) is 2. The number of aromatic nitrogens is 2. The SMILES string of the molecule is CC(C)(C)CC1(c2ccc(-c3cnn(C(F)F)c3)cc2)NC(=NC(=O)O)N([C@H](COC(=O)NC2CC2)c2ccc(Cl)c(C(N)=S)c2)C1=O. The third-order valence-electron chi connectivity index (χ3n) is 7.87. The van der Waals surface area contributed by atoms with Crippen molar-refractivity contribution in [3.63, 3.8) is 0 Å². The molecule has 1 aromatic heterocycles. The zero-order valence-corrected chi connectivity index (χ0v) is 27.8. The Morgan fingerprint density at radius 3 is 2.48 bits per heavy atom. The number of nitrogens with zero attached hydrogens (tertiary/aromatic N) is 4. The Bertz CT molecular complexity index is 1770. The summed E-state index contributed by atoms with van der Waals surface area (Å²) in [5.41, 5.74) is 6.03. The standard InChI is InChI=1S/C32H34ClF2N7O5S/c1-31(2,3)16-32(20-7-4-17(5-8-20)19-13-37-41(14-19)27(34)35)26(43)42(28(40-32)39-29(44)45)24(15-47-30(46)38-21-9-10-21)18-6-11-23(33)22(12-18)25(36)48/h4-8,11-14,21,24,27H,9-10,15-16H2,1-3H3,(H2,36,48)(H,38,46)(H,39,40)(H,44,45)/t24-,32?/m1/s1. The quantitative estimate of drug-likeness (QED) is 0.187. The topological polar surface area (TPSA) is 164 Å². The minimum absolute atomic E-state index is 0.000890. The molecule has 16 heteroatoms. The van der Waals surface area contributed by atoms with Crippen molar-refractivity contribution in [2.45, 2.75) is 64.2 Å². The van der Waals surface area contributed by atoms with Crippen LogP contribution < -0.4 is 16.4 Å². The number of halogens is 3. The Kier molecular flexibility index (Phi) is 9.74. The van der Waals surface area contributed by atoms with Crippen LogP contribution in [0.15, 0.2) is 59.9 Å². The molecule has 0 spiro atoms. The monoisotopic (exact) mass is 701 g/mol. The third kappa shape index (κ3) is 7.57. The van der Waals surface area contributed by atoms with Crippen molar-refractivity contribution in [3.05, 3.63) is 76.6 Å². The molecule has 2 aromatic carbocycles. The first-order valence-corrected chi connectivity index (χ1v) is 15.8. The van der Waals surface area contributed by atoms with Gasteiger partial charge in [-0.05, 0) is 53.5 Å². The Morgan fingerprint density at radius 1 is 1.23 bits per heavy atom. The van der Waals surface area contributed by atoms with Crippen molar-refractivity contribution in [3.8, 4) is 11.1 Å². The average Bonchev–Trinajstić information content (AvgIpc) is 3.59. The number of rotatable bonds is 10. The molecule has 1 aliphatic heterocycles. The molecule has 2 atom stereocenters. The summed E-state index contributed by atoms with van der Waals surface area (Å²) >= 11 is 11.5. The van der Waals surface area contributed by atoms with Gasteiger partial charge in [-0.25, -0.2) is 14.3 Å². The molecule has 2 aliphatic rings. The summed E-state index contributed by atoms with van der Waals surface area (Å²) in [5.74, 6) is -0.860. The van der Waals surface area contributed by atoms with Crippen molar-refractivity contribution in [1.29, 1.82) is 0 Å². The molecule has 5 N–H and O–H groups in total. The molecule has 3 amide bonds. The second-order valence-electron chi connectivity index (χ2n) is 12.9. The molecule has 3 aromatic rings. The van der Waals surface area contributed by atoms with Gasteiger partial charge in [0.1, 0.15) is 17.1 Å². The fourth-order valence-corrected chi connectivity index (χ4v) is 6.12. The molecular weight excluding hydrogens is 668 g/mol. The second-order valence-corrected chi connectivity index (χ2v) is 13.7. The summed E-state index contributed by atoms with van der Waals surface area (Å²) in [6.45, 7) is 2.57. The molecule has 5 rings (SSSR count). The van der Waals surface area contributed by atoms with Crippen LogP contribution in [0, 0.1) is 5.41 Å². The lowest BCUT2D eigenvalue weighted by molar-refractivity contribution is -0.134. The van der Waals surface area contributed by atoms with Crippen LogP contribution >= 0.6 is 23.8 Å². The summed E-state index contributed by atoms with van der Waals surface area (Å²) in [6.07, 6.45) is 2.06. The van der Waals surface area contributed by atoms with E-state index in [0.717, 1.165) is 17.7 Å². The van der Waals surface area contributed by atoms with E-state index in [0.29, 0.717) is 32.5 Å². The highest BCUT2D eigenvalue weighted by Crippen LogP contribution is 2.43. The van der Waals surface area contributed by atoms with Crippen LogP contribution in [0.4, 0.5) is 18.4 Å². The van der Waals surface area contributed by atoms with Gasteiger partial charge in [0.05, 0.1) is 17.3 Å². The van der Waals surface area contributed by atoms with Gasteiger partial charge in [0.25, 0.3) is 5.91 Å². The molecule has 0 bridgehead atoms. The minimum Gasteiger partial charge on any atom is -0.463 e. The fraction of sp³-hybridized carbons (Fsp3) is 0.375. The van der Waals surface area contributed by atoms with Crippen LogP contribution in [0.25, 0.3) is 11.1 Å². The third-order valence-corrected chi connectivity index (χ3v) is 8.42. The van der Waals surface area contributed by atoms with Crippen molar-refractivity contribution in [2.75, 3.05) is 6.61 Å². The number of carboxylic acid groups (broad SMARTS) is 1. The maximum Gasteiger partial charge on any atom is 0.434 e. The number of amides is 3. The summed E-state index contributed by atoms with van der Waals surface area (Å²) < 4.78 is 32.4. The van der Waals surface area contributed by atoms with Gasteiger partial charge in [-0.3, -0.25) is 9.69 Å². The highest BCUT2D eigenvalue weighted by atomic mass is 35.5. The van der Waals surface area contributed by atoms with Gasteiger partial charge >= 0.3 is 18.7 Å². The first-order chi connectivity index (χ1) is 22.6. The van der Waals surface area contributed by atoms with E-state index in [1.165, 1.54) is 18.5 Å². The smallest absolute Gasteiger partial charge is 0.434 e. The number of benzene rings is 2. The lowest BCUT2D eigenvalue weighted by Gasteiger charge is -2.35. The number of nitrogens with two attached hydrogens (primary N) is 1. The lowest BCUT2D eigenvalue weighted by Crippen LogP contribution is -2.47. The number of aliphatic imine (C=N–C) groups is 1. The van der Waals surface area contributed by atoms with E-state index in [1.54, 1.807) is 36.4 Å². The Morgan fingerprint density at radius 2 is 1.92 bits per heavy atom. The fourth-order valence-electron chi connectivity index (χ4n) is 5.67. The number of guanidine groups is 1. The molecule has 1 unspecified atom stereocenters. The van der Waals surface area contributed by atoms with E-state index < -0.39 is 41.6 Å². The van der Waals surface area contributed by atoms with Gasteiger partial charge < -0.3 is 26.2 Å². The average molecular weight is 702 g/mol. The van der Waals surface area contributed by atoms with Crippen LogP contribution in [0.5, 0.6) is 0 Å². The Balaban J connectivity index is 1.61. The zero-order valence-electron chi connectivity index (χ0n) is 26.2. The molecule has 1 saturated heterocycles. The Hall–Kier alpha value is -4.63. The number of alkyl carbamates (subject to hydrolysis) is 1. The van der Waals surface area contributed by atoms with E-state index in [9.17, 15) is 28.3 Å². The Labute approximate surface area is 285 Å². The minimum atomic E-state index is -2.81. The van der Waals surface area contributed by atoms with Gasteiger partial charge in [-0.15, -0.1) is 4.99 Å². The maximum atomic E-state index is 14.9. The molecule has 2 fully saturated rings. The summed E-state index contributed by atoms with van der Waals surface area (Å²) in [4.78, 5) is 44.5. The largest absolute Gasteiger partial charge is 0.463 e. The molecular formula is C32H34ClF2N7O5S. The molecule has 2 heterocycles. The zero-order chi connectivity index (χ0) is 35.0. The molecule has 48 heavy (non-hydrogen) atoms. The van der Waals surface area contributed by atoms with Crippen LogP contribution in [-0.4, -0.2) is 61.5 Å². The predicted molar refractivity (Wildman–Crippen MR) is 178 cm³/mol. The van der Waals surface area contributed by atoms with Gasteiger partial charge in [0.15, 0.2) is 0 Å². The van der Waals surface area contributed by atoms with E-state index in [1.807, 2.05) is 20.8 Å². The van der Waals surface area contributed by atoms with Gasteiger partial charge in [0.2, 0.25) is 5.96 Å². The van der Waals surface area contributed by atoms with Crippen molar-refractivity contribution >= 4 is 52.9 Å². The number of thiocarbonyl (C=S) groups is 1. The normalized spacial score (nSPS) is 19.4. The number of carbonyl (C=O) groups excluding carboxylic acids is 2. The highest BCUT2D eigenvalue weighted by Gasteiger charge is 2.55. The van der Waals surface area contributed by atoms with Crippen LogP contribution in [0.2, 0.25) is 5.02 Å². The van der Waals surface area contributed by atoms with Crippen LogP contribution in [0.3, 0.4) is 0 Å². The van der Waals surface area contributed by atoms with Crippen molar-refractivity contribution in [1.82, 2.24) is 25.3 Å². The molecule has 1 saturated carbocycles. The highest BCUT2D eigenvalue weighted by molar-refractivity contribution is 7.80. The molecule has 0 radical (unpaired) electrons.